The molecule has 9 nitrogen and oxygen atoms in total. The molecule has 0 atom stereocenters. The fourth-order valence-corrected chi connectivity index (χ4v) is 3.31. The Hall–Kier alpha value is -4.21. The molecule has 0 unspecified atom stereocenters. The van der Waals surface area contributed by atoms with Crippen LogP contribution >= 0.6 is 0 Å². The van der Waals surface area contributed by atoms with E-state index in [-0.39, 0.29) is 24.8 Å². The number of carbonyl (C=O) groups excluding carboxylic acids is 2. The van der Waals surface area contributed by atoms with E-state index < -0.39 is 5.91 Å². The molecule has 9 heteroatoms. The van der Waals surface area contributed by atoms with Crippen molar-refractivity contribution in [3.8, 4) is 5.75 Å². The predicted octanol–water partition coefficient (Wildman–Crippen LogP) is 3.47. The van der Waals surface area contributed by atoms with Crippen LogP contribution in [0, 0.1) is 0 Å². The lowest BCUT2D eigenvalue weighted by atomic mass is 10.1. The van der Waals surface area contributed by atoms with Gasteiger partial charge in [0.15, 0.2) is 5.76 Å². The van der Waals surface area contributed by atoms with Gasteiger partial charge in [-0.05, 0) is 53.6 Å². The molecular weight excluding hydrogens is 438 g/mol. The Kier molecular flexibility index (Phi) is 7.49. The number of carbonyl (C=O) groups is 2. The topological polar surface area (TPSA) is 123 Å². The Morgan fingerprint density at radius 2 is 1.85 bits per heavy atom. The molecule has 174 valence electrons. The van der Waals surface area contributed by atoms with Crippen LogP contribution in [0.25, 0.3) is 11.0 Å². The lowest BCUT2D eigenvalue weighted by Gasteiger charge is -2.07. The molecule has 2 aromatic carbocycles. The van der Waals surface area contributed by atoms with Crippen LogP contribution in [0.1, 0.15) is 32.0 Å². The van der Waals surface area contributed by atoms with Gasteiger partial charge in [-0.25, -0.2) is 5.48 Å². The highest BCUT2D eigenvalue weighted by atomic mass is 16.5. The van der Waals surface area contributed by atoms with Crippen LogP contribution in [0.4, 0.5) is 0 Å². The summed E-state index contributed by atoms with van der Waals surface area (Å²) in [5.41, 5.74) is 4.38. The van der Waals surface area contributed by atoms with Crippen molar-refractivity contribution in [1.82, 2.24) is 15.8 Å². The lowest BCUT2D eigenvalue weighted by Crippen LogP contribution is -2.27. The van der Waals surface area contributed by atoms with Crippen molar-refractivity contribution < 1.29 is 28.7 Å². The molecule has 0 spiro atoms. The van der Waals surface area contributed by atoms with Gasteiger partial charge in [0, 0.05) is 23.3 Å². The quantitative estimate of drug-likeness (QED) is 0.188. The number of hydroxylamine groups is 1. The summed E-state index contributed by atoms with van der Waals surface area (Å²) in [6, 6.07) is 17.4. The maximum absolute atomic E-state index is 12.5. The number of nitrogens with zero attached hydrogens (tertiary/aromatic N) is 1. The van der Waals surface area contributed by atoms with E-state index in [0.29, 0.717) is 30.1 Å². The zero-order valence-corrected chi connectivity index (χ0v) is 18.2. The van der Waals surface area contributed by atoms with E-state index in [1.165, 1.54) is 12.1 Å². The molecule has 0 saturated heterocycles. The second kappa shape index (κ2) is 11.1. The van der Waals surface area contributed by atoms with Gasteiger partial charge < -0.3 is 19.2 Å². The van der Waals surface area contributed by atoms with Gasteiger partial charge in [0.25, 0.3) is 11.8 Å². The van der Waals surface area contributed by atoms with E-state index in [0.717, 1.165) is 16.5 Å². The molecule has 4 rings (SSSR count). The summed E-state index contributed by atoms with van der Waals surface area (Å²) in [7, 11) is 0. The molecule has 3 N–H and O–H groups in total. The molecule has 2 heterocycles. The number of ether oxygens (including phenoxy) is 2. The Bertz CT molecular complexity index is 1250. The Morgan fingerprint density at radius 1 is 1.00 bits per heavy atom. The largest absolute Gasteiger partial charge is 0.492 e. The minimum absolute atomic E-state index is 0.203. The number of furan rings is 1. The molecule has 0 radical (unpaired) electrons. The Morgan fingerprint density at radius 3 is 2.62 bits per heavy atom. The maximum Gasteiger partial charge on any atom is 0.287 e. The third kappa shape index (κ3) is 5.77. The summed E-state index contributed by atoms with van der Waals surface area (Å²) in [6.07, 6.45) is 3.47. The van der Waals surface area contributed by atoms with Crippen LogP contribution in [0.2, 0.25) is 0 Å². The number of fused-ring (bicyclic) bond motifs is 1. The summed E-state index contributed by atoms with van der Waals surface area (Å²) >= 11 is 0. The standard InChI is InChI=1S/C25H23N3O6/c29-24(28-31)18-6-8-20(9-7-18)33-12-11-27-25(30)23-13-21-19(4-1-5-22(21)34-23)16-32-15-17-3-2-10-26-14-17/h1-10,13-14,31H,11-12,15-16H2,(H,27,30)(H,28,29). The van der Waals surface area contributed by atoms with Crippen molar-refractivity contribution in [2.75, 3.05) is 13.2 Å². The predicted molar refractivity (Wildman–Crippen MR) is 122 cm³/mol. The first kappa shape index (κ1) is 23.0. The Balaban J connectivity index is 1.28. The van der Waals surface area contributed by atoms with Crippen LogP contribution in [0.5, 0.6) is 5.75 Å². The number of pyridine rings is 1. The average molecular weight is 461 g/mol. The van der Waals surface area contributed by atoms with Crippen LogP contribution in [-0.2, 0) is 18.0 Å². The fraction of sp³-hybridized carbons (Fsp3) is 0.160. The fourth-order valence-electron chi connectivity index (χ4n) is 3.31. The average Bonchev–Trinajstić information content (AvgIpc) is 3.32. The molecular formula is C25H23N3O6. The number of hydrogen-bond donors (Lipinski definition) is 3. The molecule has 0 aliphatic rings. The van der Waals surface area contributed by atoms with Crippen LogP contribution < -0.4 is 15.5 Å². The first-order valence-electron chi connectivity index (χ1n) is 10.6. The SMILES string of the molecule is O=C(NO)c1ccc(OCCNC(=O)c2cc3c(COCc4cccnc4)cccc3o2)cc1. The van der Waals surface area contributed by atoms with E-state index >= 15 is 0 Å². The van der Waals surface area contributed by atoms with Gasteiger partial charge in [0.05, 0.1) is 19.8 Å². The van der Waals surface area contributed by atoms with Crippen LogP contribution in [-0.4, -0.2) is 35.2 Å². The third-order valence-electron chi connectivity index (χ3n) is 5.00. The Labute approximate surface area is 195 Å². The summed E-state index contributed by atoms with van der Waals surface area (Å²) in [6.45, 7) is 1.30. The van der Waals surface area contributed by atoms with Crippen molar-refractivity contribution in [2.45, 2.75) is 13.2 Å². The monoisotopic (exact) mass is 461 g/mol. The van der Waals surface area contributed by atoms with Crippen molar-refractivity contribution in [1.29, 1.82) is 0 Å². The highest BCUT2D eigenvalue weighted by molar-refractivity contribution is 5.97. The number of aromatic nitrogens is 1. The second-order valence-corrected chi connectivity index (χ2v) is 7.36. The zero-order chi connectivity index (χ0) is 23.8. The molecule has 0 bridgehead atoms. The number of rotatable bonds is 10. The molecule has 0 aliphatic heterocycles. The molecule has 0 aliphatic carbocycles. The number of nitrogens with one attached hydrogen (secondary N) is 2. The highest BCUT2D eigenvalue weighted by Gasteiger charge is 2.14. The summed E-state index contributed by atoms with van der Waals surface area (Å²) < 4.78 is 17.1. The summed E-state index contributed by atoms with van der Waals surface area (Å²) in [5.74, 6) is -0.220. The van der Waals surface area contributed by atoms with Crippen molar-refractivity contribution in [3.05, 3.63) is 95.5 Å². The molecule has 0 fully saturated rings. The second-order valence-electron chi connectivity index (χ2n) is 7.36. The number of amides is 2. The molecule has 2 amide bonds. The van der Waals surface area contributed by atoms with Gasteiger partial charge in [-0.1, -0.05) is 18.2 Å². The van der Waals surface area contributed by atoms with E-state index in [9.17, 15) is 9.59 Å². The van der Waals surface area contributed by atoms with Gasteiger partial charge in [-0.15, -0.1) is 0 Å². The highest BCUT2D eigenvalue weighted by Crippen LogP contribution is 2.24. The normalized spacial score (nSPS) is 10.7. The van der Waals surface area contributed by atoms with Crippen LogP contribution in [0.15, 0.2) is 77.5 Å². The van der Waals surface area contributed by atoms with E-state index in [1.807, 2.05) is 24.3 Å². The van der Waals surface area contributed by atoms with Crippen LogP contribution in [0.3, 0.4) is 0 Å². The minimum Gasteiger partial charge on any atom is -0.492 e. The van der Waals surface area contributed by atoms with Gasteiger partial charge >= 0.3 is 0 Å². The molecule has 0 saturated carbocycles. The first-order chi connectivity index (χ1) is 16.6. The van der Waals surface area contributed by atoms with Gasteiger partial charge in [0.1, 0.15) is 17.9 Å². The van der Waals surface area contributed by atoms with E-state index in [4.69, 9.17) is 19.1 Å². The minimum atomic E-state index is -0.604. The number of benzene rings is 2. The molecule has 4 aromatic rings. The summed E-state index contributed by atoms with van der Waals surface area (Å²) in [4.78, 5) is 27.9. The van der Waals surface area contributed by atoms with Gasteiger partial charge in [0.2, 0.25) is 0 Å². The maximum atomic E-state index is 12.5. The van der Waals surface area contributed by atoms with E-state index in [1.54, 1.807) is 42.1 Å². The third-order valence-corrected chi connectivity index (χ3v) is 5.00. The first-order valence-corrected chi connectivity index (χ1v) is 10.6. The van der Waals surface area contributed by atoms with Gasteiger partial charge in [-0.3, -0.25) is 19.8 Å². The number of hydrogen-bond acceptors (Lipinski definition) is 7. The van der Waals surface area contributed by atoms with Crippen molar-refractivity contribution in [2.24, 2.45) is 0 Å². The molecule has 34 heavy (non-hydrogen) atoms. The summed E-state index contributed by atoms with van der Waals surface area (Å²) in [5, 5.41) is 12.2. The lowest BCUT2D eigenvalue weighted by molar-refractivity contribution is 0.0706. The van der Waals surface area contributed by atoms with E-state index in [2.05, 4.69) is 10.3 Å². The smallest absolute Gasteiger partial charge is 0.287 e. The molecule has 2 aromatic heterocycles. The van der Waals surface area contributed by atoms with Crippen molar-refractivity contribution in [3.63, 3.8) is 0 Å². The van der Waals surface area contributed by atoms with Gasteiger partial charge in [-0.2, -0.15) is 0 Å². The zero-order valence-electron chi connectivity index (χ0n) is 18.2. The van der Waals surface area contributed by atoms with Crippen molar-refractivity contribution >= 4 is 22.8 Å².